The van der Waals surface area contributed by atoms with Gasteiger partial charge in [-0.15, -0.1) is 0 Å². The molecule has 0 aliphatic heterocycles. The molecule has 0 radical (unpaired) electrons. The van der Waals surface area contributed by atoms with Crippen LogP contribution in [-0.2, 0) is 29.3 Å². The molecule has 0 spiro atoms. The Morgan fingerprint density at radius 1 is 1.13 bits per heavy atom. The van der Waals surface area contributed by atoms with E-state index in [0.717, 1.165) is 0 Å². The number of carboxylic acid groups (broad SMARTS) is 2. The van der Waals surface area contributed by atoms with Gasteiger partial charge in [-0.25, -0.2) is 0 Å². The quantitative estimate of drug-likeness (QED) is 0.311. The van der Waals surface area contributed by atoms with Crippen LogP contribution >= 0.6 is 0 Å². The van der Waals surface area contributed by atoms with Gasteiger partial charge in [0, 0.05) is 7.11 Å². The molecular formula is C16H16O7-2. The van der Waals surface area contributed by atoms with Crippen LogP contribution in [0.15, 0.2) is 42.5 Å². The maximum Gasteiger partial charge on any atom is 0.307 e. The summed E-state index contributed by atoms with van der Waals surface area (Å²) in [7, 11) is 1.40. The highest BCUT2D eigenvalue weighted by Gasteiger charge is 2.40. The molecule has 0 amide bonds. The standard InChI is InChI=1S/C16H18O7/c1-11(14(18)19)16(15(20)21,12-6-4-3-5-7-12)10-13(17)23-9-8-22-2/h3-7H,1,8-10H2,2H3,(H,18,19)(H,20,21)/p-2. The Kier molecular flexibility index (Phi) is 6.47. The number of esters is 1. The van der Waals surface area contributed by atoms with Crippen LogP contribution < -0.4 is 10.2 Å². The van der Waals surface area contributed by atoms with Gasteiger partial charge in [-0.2, -0.15) is 0 Å². The number of carboxylic acids is 2. The summed E-state index contributed by atoms with van der Waals surface area (Å²) in [6.45, 7) is 3.29. The summed E-state index contributed by atoms with van der Waals surface area (Å²) >= 11 is 0. The molecule has 1 atom stereocenters. The summed E-state index contributed by atoms with van der Waals surface area (Å²) in [6.07, 6.45) is -0.782. The Labute approximate surface area is 133 Å². The van der Waals surface area contributed by atoms with Crippen molar-refractivity contribution in [1.82, 2.24) is 0 Å². The lowest BCUT2D eigenvalue weighted by molar-refractivity contribution is -0.317. The molecule has 0 saturated carbocycles. The number of carbonyl (C=O) groups excluding carboxylic acids is 3. The Hall–Kier alpha value is -2.67. The van der Waals surface area contributed by atoms with Crippen molar-refractivity contribution in [2.45, 2.75) is 11.8 Å². The fourth-order valence-electron chi connectivity index (χ4n) is 2.10. The minimum Gasteiger partial charge on any atom is -0.549 e. The molecule has 7 nitrogen and oxygen atoms in total. The van der Waals surface area contributed by atoms with E-state index >= 15 is 0 Å². The zero-order valence-corrected chi connectivity index (χ0v) is 12.6. The van der Waals surface area contributed by atoms with Crippen LogP contribution in [-0.4, -0.2) is 38.2 Å². The van der Waals surface area contributed by atoms with E-state index in [2.05, 4.69) is 6.58 Å². The number of carbonyl (C=O) groups is 3. The molecule has 0 saturated heterocycles. The Morgan fingerprint density at radius 2 is 1.74 bits per heavy atom. The van der Waals surface area contributed by atoms with Gasteiger partial charge in [0.05, 0.1) is 30.4 Å². The van der Waals surface area contributed by atoms with Gasteiger partial charge < -0.3 is 29.3 Å². The first-order chi connectivity index (χ1) is 10.9. The van der Waals surface area contributed by atoms with Crippen LogP contribution in [0.2, 0.25) is 0 Å². The van der Waals surface area contributed by atoms with E-state index in [1.807, 2.05) is 0 Å². The third-order valence-electron chi connectivity index (χ3n) is 3.34. The number of methoxy groups -OCH3 is 1. The third kappa shape index (κ3) is 4.17. The second kappa shape index (κ2) is 8.09. The van der Waals surface area contributed by atoms with Crippen molar-refractivity contribution < 1.29 is 34.1 Å². The number of hydrogen-bond donors (Lipinski definition) is 0. The lowest BCUT2D eigenvalue weighted by Gasteiger charge is -2.37. The van der Waals surface area contributed by atoms with Crippen molar-refractivity contribution >= 4 is 17.9 Å². The first-order valence-corrected chi connectivity index (χ1v) is 6.68. The minimum atomic E-state index is -2.27. The van der Waals surface area contributed by atoms with E-state index in [1.54, 1.807) is 6.07 Å². The molecular weight excluding hydrogens is 304 g/mol. The summed E-state index contributed by atoms with van der Waals surface area (Å²) < 4.78 is 9.54. The molecule has 0 aliphatic carbocycles. The predicted octanol–water partition coefficient (Wildman–Crippen LogP) is -1.44. The molecule has 0 aromatic heterocycles. The molecule has 1 aromatic rings. The van der Waals surface area contributed by atoms with Gasteiger partial charge in [-0.05, 0) is 11.1 Å². The Balaban J connectivity index is 3.24. The predicted molar refractivity (Wildman–Crippen MR) is 74.7 cm³/mol. The van der Waals surface area contributed by atoms with Gasteiger partial charge >= 0.3 is 5.97 Å². The van der Waals surface area contributed by atoms with Crippen molar-refractivity contribution in [1.29, 1.82) is 0 Å². The molecule has 1 rings (SSSR count). The van der Waals surface area contributed by atoms with E-state index in [-0.39, 0.29) is 18.8 Å². The SMILES string of the molecule is C=C(C(=O)[O-])C(CC(=O)OCCOC)(C(=O)[O-])c1ccccc1. The molecule has 0 aliphatic rings. The van der Waals surface area contributed by atoms with Crippen LogP contribution in [0, 0.1) is 0 Å². The summed E-state index contributed by atoms with van der Waals surface area (Å²) in [6, 6.07) is 7.36. The van der Waals surface area contributed by atoms with Crippen molar-refractivity contribution in [3.8, 4) is 0 Å². The zero-order chi connectivity index (χ0) is 17.5. The van der Waals surface area contributed by atoms with Gasteiger partial charge in [-0.3, -0.25) is 4.79 Å². The lowest BCUT2D eigenvalue weighted by Crippen LogP contribution is -2.52. The molecule has 0 heterocycles. The van der Waals surface area contributed by atoms with Gasteiger partial charge in [-0.1, -0.05) is 36.9 Å². The average Bonchev–Trinajstić information content (AvgIpc) is 2.52. The normalized spacial score (nSPS) is 12.9. The highest BCUT2D eigenvalue weighted by Crippen LogP contribution is 2.35. The first kappa shape index (κ1) is 18.4. The van der Waals surface area contributed by atoms with Gasteiger partial charge in [0.1, 0.15) is 6.61 Å². The number of rotatable bonds is 9. The molecule has 1 aromatic carbocycles. The van der Waals surface area contributed by atoms with Crippen molar-refractivity contribution in [3.05, 3.63) is 48.0 Å². The van der Waals surface area contributed by atoms with E-state index < -0.39 is 35.3 Å². The highest BCUT2D eigenvalue weighted by molar-refractivity contribution is 6.01. The largest absolute Gasteiger partial charge is 0.549 e. The number of ether oxygens (including phenoxy) is 2. The van der Waals surface area contributed by atoms with Crippen molar-refractivity contribution in [2.75, 3.05) is 20.3 Å². The fraction of sp³-hybridized carbons (Fsp3) is 0.312. The number of benzene rings is 1. The van der Waals surface area contributed by atoms with Crippen molar-refractivity contribution in [3.63, 3.8) is 0 Å². The van der Waals surface area contributed by atoms with Crippen LogP contribution in [0.25, 0.3) is 0 Å². The number of hydrogen-bond acceptors (Lipinski definition) is 7. The maximum absolute atomic E-state index is 11.9. The molecule has 0 fully saturated rings. The molecule has 23 heavy (non-hydrogen) atoms. The smallest absolute Gasteiger partial charge is 0.307 e. The molecule has 0 bridgehead atoms. The monoisotopic (exact) mass is 320 g/mol. The van der Waals surface area contributed by atoms with Crippen LogP contribution in [0.3, 0.4) is 0 Å². The second-order valence-electron chi connectivity index (χ2n) is 4.71. The summed E-state index contributed by atoms with van der Waals surface area (Å²) in [5.41, 5.74) is -3.02. The highest BCUT2D eigenvalue weighted by atomic mass is 16.6. The summed E-state index contributed by atoms with van der Waals surface area (Å²) in [4.78, 5) is 34.8. The van der Waals surface area contributed by atoms with E-state index in [0.29, 0.717) is 0 Å². The van der Waals surface area contributed by atoms with E-state index in [4.69, 9.17) is 9.47 Å². The van der Waals surface area contributed by atoms with E-state index in [1.165, 1.54) is 31.4 Å². The van der Waals surface area contributed by atoms with Crippen LogP contribution in [0.5, 0.6) is 0 Å². The lowest BCUT2D eigenvalue weighted by atomic mass is 9.72. The Morgan fingerprint density at radius 3 is 2.22 bits per heavy atom. The summed E-state index contributed by atoms with van der Waals surface area (Å²) in [5, 5.41) is 22.9. The molecule has 0 N–H and O–H groups in total. The molecule has 124 valence electrons. The molecule has 7 heteroatoms. The third-order valence-corrected chi connectivity index (χ3v) is 3.34. The van der Waals surface area contributed by atoms with E-state index in [9.17, 15) is 24.6 Å². The number of aliphatic carboxylic acids is 2. The summed E-state index contributed by atoms with van der Waals surface area (Å²) in [5.74, 6) is -4.48. The van der Waals surface area contributed by atoms with Gasteiger partial charge in [0.15, 0.2) is 0 Å². The van der Waals surface area contributed by atoms with Gasteiger partial charge in [0.2, 0.25) is 0 Å². The second-order valence-corrected chi connectivity index (χ2v) is 4.71. The van der Waals surface area contributed by atoms with Crippen LogP contribution in [0.1, 0.15) is 12.0 Å². The van der Waals surface area contributed by atoms with Crippen molar-refractivity contribution in [2.24, 2.45) is 0 Å². The average molecular weight is 320 g/mol. The first-order valence-electron chi connectivity index (χ1n) is 6.68. The van der Waals surface area contributed by atoms with Crippen LogP contribution in [0.4, 0.5) is 0 Å². The topological polar surface area (TPSA) is 116 Å². The Bertz CT molecular complexity index is 594. The maximum atomic E-state index is 11.9. The zero-order valence-electron chi connectivity index (χ0n) is 12.6. The van der Waals surface area contributed by atoms with Gasteiger partial charge in [0.25, 0.3) is 0 Å². The molecule has 1 unspecified atom stereocenters. The fourth-order valence-corrected chi connectivity index (χ4v) is 2.10. The minimum absolute atomic E-state index is 0.0397.